The Labute approximate surface area is 170 Å². The first kappa shape index (κ1) is 19.0. The molecule has 1 saturated heterocycles. The van der Waals surface area contributed by atoms with Crippen molar-refractivity contribution < 1.29 is 14.6 Å². The predicted molar refractivity (Wildman–Crippen MR) is 110 cm³/mol. The molecule has 2 aromatic rings. The Morgan fingerprint density at radius 2 is 1.96 bits per heavy atom. The average Bonchev–Trinajstić information content (AvgIpc) is 2.87. The van der Waals surface area contributed by atoms with Gasteiger partial charge < -0.3 is 9.84 Å². The molecule has 0 spiro atoms. The smallest absolute Gasteiger partial charge is 0.266 e. The van der Waals surface area contributed by atoms with Gasteiger partial charge in [-0.25, -0.2) is 0 Å². The number of thiocarbonyl (C=S) groups is 1. The Morgan fingerprint density at radius 3 is 2.62 bits per heavy atom. The molecule has 0 unspecified atom stereocenters. The summed E-state index contributed by atoms with van der Waals surface area (Å²) >= 11 is 18.4. The van der Waals surface area contributed by atoms with E-state index in [9.17, 15) is 9.90 Å². The first-order valence-electron chi connectivity index (χ1n) is 7.45. The van der Waals surface area contributed by atoms with Crippen LogP contribution in [-0.2, 0) is 11.3 Å². The zero-order valence-corrected chi connectivity index (χ0v) is 16.7. The van der Waals surface area contributed by atoms with E-state index in [4.69, 9.17) is 40.2 Å². The number of benzene rings is 2. The van der Waals surface area contributed by atoms with Gasteiger partial charge >= 0.3 is 0 Å². The van der Waals surface area contributed by atoms with Crippen LogP contribution >= 0.6 is 47.2 Å². The van der Waals surface area contributed by atoms with Gasteiger partial charge in [-0.2, -0.15) is 0 Å². The van der Waals surface area contributed by atoms with Crippen LogP contribution in [0.1, 0.15) is 11.1 Å². The second-order valence-corrected chi connectivity index (χ2v) is 7.96. The number of aromatic hydroxyl groups is 1. The van der Waals surface area contributed by atoms with E-state index >= 15 is 0 Å². The Kier molecular flexibility index (Phi) is 5.77. The van der Waals surface area contributed by atoms with Crippen molar-refractivity contribution in [3.63, 3.8) is 0 Å². The fourth-order valence-electron chi connectivity index (χ4n) is 2.39. The zero-order valence-electron chi connectivity index (χ0n) is 13.5. The van der Waals surface area contributed by atoms with Crippen LogP contribution < -0.4 is 4.74 Å². The number of hydrogen-bond acceptors (Lipinski definition) is 5. The maximum absolute atomic E-state index is 12.7. The first-order valence-corrected chi connectivity index (χ1v) is 9.43. The highest BCUT2D eigenvalue weighted by Crippen LogP contribution is 2.38. The lowest BCUT2D eigenvalue weighted by atomic mass is 10.1. The van der Waals surface area contributed by atoms with E-state index in [1.54, 1.807) is 19.3 Å². The van der Waals surface area contributed by atoms with Crippen molar-refractivity contribution in [1.82, 2.24) is 4.90 Å². The van der Waals surface area contributed by atoms with Crippen LogP contribution in [0, 0.1) is 0 Å². The zero-order chi connectivity index (χ0) is 18.8. The predicted octanol–water partition coefficient (Wildman–Crippen LogP) is 5.11. The summed E-state index contributed by atoms with van der Waals surface area (Å²) in [7, 11) is 1.60. The molecule has 4 nitrogen and oxygen atoms in total. The maximum Gasteiger partial charge on any atom is 0.266 e. The molecule has 0 radical (unpaired) electrons. The number of methoxy groups -OCH3 is 1. The summed E-state index contributed by atoms with van der Waals surface area (Å²) in [6, 6.07) is 10.4. The van der Waals surface area contributed by atoms with Gasteiger partial charge in [-0.3, -0.25) is 9.69 Å². The van der Waals surface area contributed by atoms with E-state index in [1.807, 2.05) is 24.3 Å². The average molecular weight is 426 g/mol. The molecule has 26 heavy (non-hydrogen) atoms. The van der Waals surface area contributed by atoms with Gasteiger partial charge in [0.05, 0.1) is 23.6 Å². The van der Waals surface area contributed by atoms with E-state index in [0.717, 1.165) is 11.3 Å². The van der Waals surface area contributed by atoms with Crippen LogP contribution in [0.5, 0.6) is 11.5 Å². The molecule has 1 heterocycles. The molecule has 1 N–H and O–H groups in total. The minimum Gasteiger partial charge on any atom is -0.506 e. The molecule has 0 aliphatic carbocycles. The Bertz CT molecular complexity index is 913. The summed E-state index contributed by atoms with van der Waals surface area (Å²) < 4.78 is 5.58. The number of nitrogens with zero attached hydrogens (tertiary/aromatic N) is 1. The van der Waals surface area contributed by atoms with Crippen LogP contribution in [0.2, 0.25) is 10.0 Å². The minimum atomic E-state index is -0.230. The number of phenolic OH excluding ortho intramolecular Hbond substituents is 1. The number of carbonyl (C=O) groups excluding carboxylic acids is 1. The second-order valence-electron chi connectivity index (χ2n) is 5.44. The van der Waals surface area contributed by atoms with Crippen LogP contribution in [0.3, 0.4) is 0 Å². The number of ether oxygens (including phenoxy) is 1. The molecule has 0 aromatic heterocycles. The Balaban J connectivity index is 1.84. The number of hydrogen-bond donors (Lipinski definition) is 1. The van der Waals surface area contributed by atoms with Crippen molar-refractivity contribution in [2.45, 2.75) is 6.54 Å². The standard InChI is InChI=1S/C18H13Cl2NO3S2/c1-24-13-4-2-10(3-5-13)9-21-17(23)15(26-18(21)25)7-11-6-12(19)8-14(20)16(11)22/h2-8,22H,9H2,1H3. The highest BCUT2D eigenvalue weighted by molar-refractivity contribution is 8.26. The summed E-state index contributed by atoms with van der Waals surface area (Å²) in [4.78, 5) is 14.6. The molecule has 1 aliphatic heterocycles. The van der Waals surface area contributed by atoms with Gasteiger partial charge in [-0.1, -0.05) is 59.3 Å². The summed E-state index contributed by atoms with van der Waals surface area (Å²) in [6.07, 6.45) is 1.54. The van der Waals surface area contributed by atoms with Crippen molar-refractivity contribution in [3.8, 4) is 11.5 Å². The van der Waals surface area contributed by atoms with Gasteiger partial charge in [0.1, 0.15) is 15.8 Å². The van der Waals surface area contributed by atoms with Crippen molar-refractivity contribution in [2.75, 3.05) is 7.11 Å². The molecule has 3 rings (SSSR count). The van der Waals surface area contributed by atoms with Crippen LogP contribution in [0.4, 0.5) is 0 Å². The number of thioether (sulfide) groups is 1. The van der Waals surface area contributed by atoms with E-state index in [1.165, 1.54) is 22.7 Å². The summed E-state index contributed by atoms with van der Waals surface area (Å²) in [6.45, 7) is 0.355. The Hall–Kier alpha value is -1.73. The maximum atomic E-state index is 12.7. The van der Waals surface area contributed by atoms with Crippen LogP contribution in [0.25, 0.3) is 6.08 Å². The van der Waals surface area contributed by atoms with Gasteiger partial charge in [0.15, 0.2) is 0 Å². The third kappa shape index (κ3) is 3.99. The van der Waals surface area contributed by atoms with Crippen molar-refractivity contribution in [3.05, 3.63) is 62.5 Å². The number of carbonyl (C=O) groups is 1. The molecule has 0 bridgehead atoms. The van der Waals surface area contributed by atoms with E-state index in [0.29, 0.717) is 26.4 Å². The molecule has 1 amide bonds. The lowest BCUT2D eigenvalue weighted by Gasteiger charge is -2.14. The monoisotopic (exact) mass is 425 g/mol. The Morgan fingerprint density at radius 1 is 1.27 bits per heavy atom. The highest BCUT2D eigenvalue weighted by atomic mass is 35.5. The molecule has 1 aliphatic rings. The van der Waals surface area contributed by atoms with Crippen molar-refractivity contribution in [1.29, 1.82) is 0 Å². The SMILES string of the molecule is COc1ccc(CN2C(=O)C(=Cc3cc(Cl)cc(Cl)c3O)SC2=S)cc1. The van der Waals surface area contributed by atoms with Gasteiger partial charge in [0, 0.05) is 10.6 Å². The number of rotatable bonds is 4. The third-order valence-electron chi connectivity index (χ3n) is 3.72. The summed E-state index contributed by atoms with van der Waals surface area (Å²) in [5, 5.41) is 10.6. The van der Waals surface area contributed by atoms with E-state index < -0.39 is 0 Å². The van der Waals surface area contributed by atoms with Gasteiger partial charge in [-0.05, 0) is 35.9 Å². The summed E-state index contributed by atoms with van der Waals surface area (Å²) in [5.74, 6) is 0.384. The number of phenols is 1. The highest BCUT2D eigenvalue weighted by Gasteiger charge is 2.32. The largest absolute Gasteiger partial charge is 0.506 e. The van der Waals surface area contributed by atoms with Crippen LogP contribution in [-0.4, -0.2) is 27.3 Å². The van der Waals surface area contributed by atoms with Crippen LogP contribution in [0.15, 0.2) is 41.3 Å². The number of halogens is 2. The lowest BCUT2D eigenvalue weighted by Crippen LogP contribution is -2.27. The van der Waals surface area contributed by atoms with Crippen molar-refractivity contribution in [2.24, 2.45) is 0 Å². The molecule has 0 atom stereocenters. The minimum absolute atomic E-state index is 0.123. The fraction of sp³-hybridized carbons (Fsp3) is 0.111. The molecule has 134 valence electrons. The first-order chi connectivity index (χ1) is 12.4. The van der Waals surface area contributed by atoms with Gasteiger partial charge in [0.25, 0.3) is 5.91 Å². The molecule has 2 aromatic carbocycles. The topological polar surface area (TPSA) is 49.8 Å². The third-order valence-corrected chi connectivity index (χ3v) is 5.60. The lowest BCUT2D eigenvalue weighted by molar-refractivity contribution is -0.122. The molecule has 8 heteroatoms. The molecule has 0 saturated carbocycles. The number of amides is 1. The van der Waals surface area contributed by atoms with Crippen molar-refractivity contribution >= 4 is 63.5 Å². The normalized spacial score (nSPS) is 15.8. The van der Waals surface area contributed by atoms with Gasteiger partial charge in [0.2, 0.25) is 0 Å². The molecular formula is C18H13Cl2NO3S2. The van der Waals surface area contributed by atoms with Gasteiger partial charge in [-0.15, -0.1) is 0 Å². The molecular weight excluding hydrogens is 413 g/mol. The fourth-order valence-corrected chi connectivity index (χ4v) is 4.14. The van der Waals surface area contributed by atoms with E-state index in [-0.39, 0.29) is 16.7 Å². The summed E-state index contributed by atoms with van der Waals surface area (Å²) in [5.41, 5.74) is 1.30. The second kappa shape index (κ2) is 7.88. The van der Waals surface area contributed by atoms with E-state index in [2.05, 4.69) is 0 Å². The quantitative estimate of drug-likeness (QED) is 0.544. The molecule has 1 fully saturated rings.